The molecule has 0 spiro atoms. The molecule has 138 valence electrons. The molecule has 1 aliphatic heterocycles. The Labute approximate surface area is 179 Å². The van der Waals surface area contributed by atoms with E-state index in [-0.39, 0.29) is 20.3 Å². The van der Waals surface area contributed by atoms with Crippen LogP contribution < -0.4 is 5.19 Å². The molecule has 0 bridgehead atoms. The number of rotatable bonds is 3. The standard InChI is InChI=1S/C21H20INO2SeSi/c1-4-27(5-2)19-10-13(24)6-7-15(19)23-16-8-9-17(25)20(21(16)27)18-11-14(22)12(3)26-18/h6-11,25H,4-5H2,1-3H3. The first-order valence-corrected chi connectivity index (χ1v) is 14.3. The van der Waals surface area contributed by atoms with Gasteiger partial charge < -0.3 is 0 Å². The van der Waals surface area contributed by atoms with Crippen molar-refractivity contribution in [2.24, 2.45) is 4.99 Å². The number of carbonyl (C=O) groups excluding carboxylic acids is 1. The van der Waals surface area contributed by atoms with Crippen LogP contribution in [-0.2, 0) is 4.79 Å². The van der Waals surface area contributed by atoms with Crippen molar-refractivity contribution in [1.82, 2.24) is 0 Å². The van der Waals surface area contributed by atoms with E-state index in [4.69, 9.17) is 4.99 Å². The number of nitrogens with zero attached hydrogens (tertiary/aromatic N) is 1. The van der Waals surface area contributed by atoms with E-state index >= 15 is 0 Å². The number of halogens is 1. The number of aromatic hydroxyl groups is 1. The van der Waals surface area contributed by atoms with Crippen molar-refractivity contribution in [3.8, 4) is 15.8 Å². The number of aliphatic imine (C=N–C) groups is 1. The molecule has 0 saturated heterocycles. The molecule has 1 aromatic carbocycles. The van der Waals surface area contributed by atoms with Gasteiger partial charge in [-0.15, -0.1) is 0 Å². The average Bonchev–Trinajstić information content (AvgIpc) is 2.99. The summed E-state index contributed by atoms with van der Waals surface area (Å²) in [5.41, 5.74) is 2.89. The van der Waals surface area contributed by atoms with Gasteiger partial charge >= 0.3 is 181 Å². The number of phenols is 1. The second kappa shape index (κ2) is 6.99. The third-order valence-corrected chi connectivity index (χ3v) is 15.2. The van der Waals surface area contributed by atoms with Gasteiger partial charge in [-0.1, -0.05) is 0 Å². The van der Waals surface area contributed by atoms with Gasteiger partial charge in [0.2, 0.25) is 0 Å². The van der Waals surface area contributed by atoms with Crippen LogP contribution in [0.3, 0.4) is 0 Å². The second-order valence-electron chi connectivity index (χ2n) is 6.95. The van der Waals surface area contributed by atoms with E-state index in [9.17, 15) is 9.90 Å². The van der Waals surface area contributed by atoms with Crippen molar-refractivity contribution in [1.29, 1.82) is 0 Å². The van der Waals surface area contributed by atoms with E-state index in [2.05, 4.69) is 49.4 Å². The van der Waals surface area contributed by atoms with E-state index < -0.39 is 8.07 Å². The minimum atomic E-state index is -2.20. The molecule has 2 aromatic rings. The Balaban J connectivity index is 2.11. The summed E-state index contributed by atoms with van der Waals surface area (Å²) in [7, 11) is -2.20. The Bertz CT molecular complexity index is 1040. The van der Waals surface area contributed by atoms with Crippen molar-refractivity contribution in [3.63, 3.8) is 0 Å². The summed E-state index contributed by atoms with van der Waals surface area (Å²) in [6.45, 7) is 6.62. The van der Waals surface area contributed by atoms with E-state index in [1.165, 1.54) is 17.6 Å². The average molecular weight is 552 g/mol. The Morgan fingerprint density at radius 2 is 1.96 bits per heavy atom. The van der Waals surface area contributed by atoms with Crippen LogP contribution in [0.2, 0.25) is 12.1 Å². The van der Waals surface area contributed by atoms with Crippen LogP contribution in [-0.4, -0.2) is 39.2 Å². The minimum absolute atomic E-state index is 0.0456. The molecule has 6 heteroatoms. The third kappa shape index (κ3) is 2.89. The molecule has 0 radical (unpaired) electrons. The van der Waals surface area contributed by atoms with Gasteiger partial charge in [0.05, 0.1) is 0 Å². The van der Waals surface area contributed by atoms with Gasteiger partial charge in [-0.05, 0) is 0 Å². The Hall–Kier alpha value is -1.21. The first kappa shape index (κ1) is 19.1. The third-order valence-electron chi connectivity index (χ3n) is 5.68. The van der Waals surface area contributed by atoms with E-state index in [0.717, 1.165) is 34.2 Å². The fourth-order valence-electron chi connectivity index (χ4n) is 4.24. The molecule has 0 atom stereocenters. The maximum absolute atomic E-state index is 12.2. The summed E-state index contributed by atoms with van der Waals surface area (Å²) in [6, 6.07) is 7.93. The molecule has 1 aliphatic carbocycles. The summed E-state index contributed by atoms with van der Waals surface area (Å²) < 4.78 is 3.90. The number of benzene rings is 1. The molecule has 0 fully saturated rings. The molecule has 2 heterocycles. The van der Waals surface area contributed by atoms with Crippen LogP contribution in [0, 0.1) is 10.5 Å². The number of carbonyl (C=O) groups is 1. The normalized spacial score (nSPS) is 17.3. The maximum atomic E-state index is 12.2. The van der Waals surface area contributed by atoms with Crippen molar-refractivity contribution in [2.75, 3.05) is 0 Å². The van der Waals surface area contributed by atoms with Gasteiger partial charge in [0.15, 0.2) is 0 Å². The number of phenolic OH excluding ortho intramolecular Hbond substituents is 1. The molecule has 3 nitrogen and oxygen atoms in total. The number of hydrogen-bond donors (Lipinski definition) is 1. The summed E-state index contributed by atoms with van der Waals surface area (Å²) in [5, 5.41) is 13.2. The van der Waals surface area contributed by atoms with E-state index in [1.807, 2.05) is 12.1 Å². The van der Waals surface area contributed by atoms with Crippen LogP contribution in [0.5, 0.6) is 5.75 Å². The Morgan fingerprint density at radius 1 is 1.22 bits per heavy atom. The Morgan fingerprint density at radius 3 is 2.59 bits per heavy atom. The summed E-state index contributed by atoms with van der Waals surface area (Å²) in [6.07, 6.45) is 5.28. The molecular formula is C21H20INO2SeSi. The van der Waals surface area contributed by atoms with Gasteiger partial charge in [0.1, 0.15) is 0 Å². The van der Waals surface area contributed by atoms with Gasteiger partial charge in [-0.25, -0.2) is 0 Å². The zero-order valence-corrected chi connectivity index (χ0v) is 20.3. The first-order valence-electron chi connectivity index (χ1n) is 9.07. The van der Waals surface area contributed by atoms with Gasteiger partial charge in [-0.3, -0.25) is 0 Å². The monoisotopic (exact) mass is 553 g/mol. The quantitative estimate of drug-likeness (QED) is 0.349. The zero-order valence-electron chi connectivity index (χ0n) is 15.5. The van der Waals surface area contributed by atoms with Gasteiger partial charge in [0.25, 0.3) is 0 Å². The van der Waals surface area contributed by atoms with Crippen molar-refractivity contribution >= 4 is 67.5 Å². The van der Waals surface area contributed by atoms with Crippen molar-refractivity contribution in [2.45, 2.75) is 32.9 Å². The summed E-state index contributed by atoms with van der Waals surface area (Å²) in [5.74, 6) is 0.390. The topological polar surface area (TPSA) is 49.7 Å². The molecular weight excluding hydrogens is 532 g/mol. The van der Waals surface area contributed by atoms with Crippen molar-refractivity contribution < 1.29 is 9.90 Å². The number of fused-ring (bicyclic) bond motifs is 2. The number of hydrogen-bond acceptors (Lipinski definition) is 3. The van der Waals surface area contributed by atoms with Crippen LogP contribution in [0.1, 0.15) is 18.3 Å². The van der Waals surface area contributed by atoms with Crippen LogP contribution in [0.25, 0.3) is 10.0 Å². The fourth-order valence-corrected chi connectivity index (χ4v) is 12.5. The fraction of sp³-hybridized carbons (Fsp3) is 0.238. The molecule has 0 amide bonds. The Kier molecular flexibility index (Phi) is 4.95. The van der Waals surface area contributed by atoms with Crippen LogP contribution >= 0.6 is 22.6 Å². The predicted molar refractivity (Wildman–Crippen MR) is 124 cm³/mol. The molecule has 4 rings (SSSR count). The van der Waals surface area contributed by atoms with Gasteiger partial charge in [0, 0.05) is 0 Å². The predicted octanol–water partition coefficient (Wildman–Crippen LogP) is 4.42. The SMILES string of the molecule is CC[Si]1(CC)C2=CC(=O)C=CC2=Nc2ccc(O)c(-c3cc(I)c(C)[se]3)c21. The molecule has 0 unspecified atom stereocenters. The molecule has 1 aromatic heterocycles. The molecule has 2 aliphatic rings. The molecule has 27 heavy (non-hydrogen) atoms. The first-order chi connectivity index (χ1) is 12.9. The summed E-state index contributed by atoms with van der Waals surface area (Å²) in [4.78, 5) is 17.1. The van der Waals surface area contributed by atoms with Crippen LogP contribution in [0.15, 0.2) is 46.6 Å². The number of ketones is 1. The van der Waals surface area contributed by atoms with E-state index in [1.54, 1.807) is 18.2 Å². The number of allylic oxidation sites excluding steroid dienone is 4. The number of aryl methyl sites for hydroxylation is 1. The zero-order chi connectivity index (χ0) is 19.3. The summed E-state index contributed by atoms with van der Waals surface area (Å²) >= 11 is 2.60. The van der Waals surface area contributed by atoms with E-state index in [0.29, 0.717) is 5.75 Å². The van der Waals surface area contributed by atoms with Gasteiger partial charge in [-0.2, -0.15) is 0 Å². The molecule has 0 saturated carbocycles. The van der Waals surface area contributed by atoms with Crippen LogP contribution in [0.4, 0.5) is 5.69 Å². The van der Waals surface area contributed by atoms with Crippen molar-refractivity contribution in [3.05, 3.63) is 49.6 Å². The molecule has 1 N–H and O–H groups in total. The second-order valence-corrected chi connectivity index (χ2v) is 15.4.